The van der Waals surface area contributed by atoms with Gasteiger partial charge in [0.25, 0.3) is 5.91 Å². The highest BCUT2D eigenvalue weighted by Gasteiger charge is 2.46. The molecule has 5 nitrogen and oxygen atoms in total. The molecule has 30 heavy (non-hydrogen) atoms. The van der Waals surface area contributed by atoms with Crippen LogP contribution in [-0.4, -0.2) is 59.0 Å². The van der Waals surface area contributed by atoms with Gasteiger partial charge in [-0.15, -0.1) is 11.8 Å². The number of nitrogens with zero attached hydrogens (tertiary/aromatic N) is 2. The molecule has 0 bridgehead atoms. The lowest BCUT2D eigenvalue weighted by molar-refractivity contribution is -0.129. The largest absolute Gasteiger partial charge is 0.497 e. The highest BCUT2D eigenvalue weighted by Crippen LogP contribution is 2.44. The number of hydrogen-bond donors (Lipinski definition) is 0. The number of rotatable bonds is 4. The molecule has 2 aromatic carbocycles. The Labute approximate surface area is 181 Å². The van der Waals surface area contributed by atoms with Crippen LogP contribution >= 0.6 is 11.8 Å². The van der Waals surface area contributed by atoms with Crippen LogP contribution < -0.4 is 4.74 Å². The number of benzene rings is 2. The normalized spacial score (nSPS) is 18.2. The molecule has 2 aliphatic rings. The van der Waals surface area contributed by atoms with Gasteiger partial charge in [0, 0.05) is 37.0 Å². The van der Waals surface area contributed by atoms with Crippen LogP contribution in [0.5, 0.6) is 5.75 Å². The molecule has 6 heteroatoms. The van der Waals surface area contributed by atoms with Crippen molar-refractivity contribution in [3.63, 3.8) is 0 Å². The maximum atomic E-state index is 12.9. The highest BCUT2D eigenvalue weighted by atomic mass is 32.2. The molecule has 0 unspecified atom stereocenters. The third-order valence-electron chi connectivity index (χ3n) is 5.83. The standard InChI is InChI=1S/C24H26N2O3S/c1-29-21-10-8-20(9-11-21)23(28)25-15-13-24(14-16-25)26(17-18-30-24)22(27)12-7-19-5-3-2-4-6-19/h2-12H,13-18H2,1H3/b12-7+. The summed E-state index contributed by atoms with van der Waals surface area (Å²) in [5, 5.41) is 0. The predicted molar refractivity (Wildman–Crippen MR) is 121 cm³/mol. The molecule has 0 N–H and O–H groups in total. The average molecular weight is 423 g/mol. The van der Waals surface area contributed by atoms with Gasteiger partial charge in [-0.1, -0.05) is 30.3 Å². The van der Waals surface area contributed by atoms with Gasteiger partial charge in [-0.25, -0.2) is 0 Å². The Morgan fingerprint density at radius 3 is 2.37 bits per heavy atom. The summed E-state index contributed by atoms with van der Waals surface area (Å²) in [5.74, 6) is 1.78. The molecule has 2 aromatic rings. The Morgan fingerprint density at radius 1 is 1.00 bits per heavy atom. The first-order valence-electron chi connectivity index (χ1n) is 10.2. The summed E-state index contributed by atoms with van der Waals surface area (Å²) in [6.07, 6.45) is 5.15. The zero-order chi connectivity index (χ0) is 21.0. The molecule has 0 aliphatic carbocycles. The third kappa shape index (κ3) is 4.24. The molecule has 1 spiro atoms. The number of thioether (sulfide) groups is 1. The Bertz CT molecular complexity index is 919. The number of carbonyl (C=O) groups is 2. The number of likely N-dealkylation sites (tertiary alicyclic amines) is 1. The minimum Gasteiger partial charge on any atom is -0.497 e. The SMILES string of the molecule is COc1ccc(C(=O)N2CCC3(CC2)SCCN3C(=O)/C=C/c2ccccc2)cc1. The van der Waals surface area contributed by atoms with Gasteiger partial charge in [-0.2, -0.15) is 0 Å². The van der Waals surface area contributed by atoms with E-state index in [0.29, 0.717) is 18.7 Å². The van der Waals surface area contributed by atoms with Crippen molar-refractivity contribution >= 4 is 29.7 Å². The predicted octanol–water partition coefficient (Wildman–Crippen LogP) is 3.92. The van der Waals surface area contributed by atoms with E-state index in [9.17, 15) is 9.59 Å². The lowest BCUT2D eigenvalue weighted by Crippen LogP contribution is -2.53. The first kappa shape index (κ1) is 20.5. The maximum absolute atomic E-state index is 12.9. The molecule has 0 aromatic heterocycles. The lowest BCUT2D eigenvalue weighted by Gasteiger charge is -2.43. The number of ether oxygens (including phenoxy) is 1. The van der Waals surface area contributed by atoms with Crippen LogP contribution in [0, 0.1) is 0 Å². The molecule has 2 saturated heterocycles. The van der Waals surface area contributed by atoms with E-state index in [1.165, 1.54) is 0 Å². The molecule has 2 fully saturated rings. The van der Waals surface area contributed by atoms with Gasteiger partial charge in [-0.05, 0) is 48.7 Å². The molecule has 4 rings (SSSR count). The lowest BCUT2D eigenvalue weighted by atomic mass is 10.0. The van der Waals surface area contributed by atoms with Crippen LogP contribution in [0.1, 0.15) is 28.8 Å². The fourth-order valence-corrected chi connectivity index (χ4v) is 5.59. The van der Waals surface area contributed by atoms with Gasteiger partial charge >= 0.3 is 0 Å². The van der Waals surface area contributed by atoms with Gasteiger partial charge in [0.2, 0.25) is 5.91 Å². The van der Waals surface area contributed by atoms with Crippen LogP contribution in [0.25, 0.3) is 6.08 Å². The molecular weight excluding hydrogens is 396 g/mol. The summed E-state index contributed by atoms with van der Waals surface area (Å²) in [6, 6.07) is 17.1. The van der Waals surface area contributed by atoms with Gasteiger partial charge in [0.15, 0.2) is 0 Å². The highest BCUT2D eigenvalue weighted by molar-refractivity contribution is 8.00. The summed E-state index contributed by atoms with van der Waals surface area (Å²) in [4.78, 5) is 29.5. The summed E-state index contributed by atoms with van der Waals surface area (Å²) in [7, 11) is 1.61. The minimum absolute atomic E-state index is 0.0392. The smallest absolute Gasteiger partial charge is 0.253 e. The Morgan fingerprint density at radius 2 is 1.70 bits per heavy atom. The van der Waals surface area contributed by atoms with Crippen LogP contribution in [0.4, 0.5) is 0 Å². The Balaban J connectivity index is 1.40. The van der Waals surface area contributed by atoms with E-state index in [1.54, 1.807) is 25.3 Å². The second-order valence-corrected chi connectivity index (χ2v) is 9.01. The van der Waals surface area contributed by atoms with E-state index in [2.05, 4.69) is 0 Å². The molecule has 2 heterocycles. The van der Waals surface area contributed by atoms with E-state index in [0.717, 1.165) is 36.5 Å². The molecule has 0 saturated carbocycles. The average Bonchev–Trinajstić information content (AvgIpc) is 3.21. The maximum Gasteiger partial charge on any atom is 0.253 e. The molecule has 156 valence electrons. The van der Waals surface area contributed by atoms with Crippen molar-refractivity contribution in [1.82, 2.24) is 9.80 Å². The Kier molecular flexibility index (Phi) is 6.13. The van der Waals surface area contributed by atoms with Crippen LogP contribution in [-0.2, 0) is 4.79 Å². The van der Waals surface area contributed by atoms with Crippen molar-refractivity contribution in [2.45, 2.75) is 17.7 Å². The number of hydrogen-bond acceptors (Lipinski definition) is 4. The summed E-state index contributed by atoms with van der Waals surface area (Å²) in [6.45, 7) is 2.07. The first-order chi connectivity index (χ1) is 14.6. The van der Waals surface area contributed by atoms with Gasteiger partial charge in [-0.3, -0.25) is 9.59 Å². The van der Waals surface area contributed by atoms with Gasteiger partial charge in [0.1, 0.15) is 5.75 Å². The molecular formula is C24H26N2O3S. The van der Waals surface area contributed by atoms with Gasteiger partial charge in [0.05, 0.1) is 12.0 Å². The fourth-order valence-electron chi connectivity index (χ4n) is 4.13. The van der Waals surface area contributed by atoms with Crippen molar-refractivity contribution in [3.8, 4) is 5.75 Å². The Hall–Kier alpha value is -2.73. The zero-order valence-electron chi connectivity index (χ0n) is 17.1. The quantitative estimate of drug-likeness (QED) is 0.701. The van der Waals surface area contributed by atoms with E-state index >= 15 is 0 Å². The van der Waals surface area contributed by atoms with Crippen LogP contribution in [0.2, 0.25) is 0 Å². The van der Waals surface area contributed by atoms with Crippen molar-refractivity contribution in [2.75, 3.05) is 32.5 Å². The minimum atomic E-state index is -0.200. The summed E-state index contributed by atoms with van der Waals surface area (Å²) < 4.78 is 5.17. The topological polar surface area (TPSA) is 49.9 Å². The first-order valence-corrected chi connectivity index (χ1v) is 11.2. The molecule has 0 atom stereocenters. The zero-order valence-corrected chi connectivity index (χ0v) is 17.9. The second-order valence-electron chi connectivity index (χ2n) is 7.55. The second kappa shape index (κ2) is 8.96. The summed E-state index contributed by atoms with van der Waals surface area (Å²) >= 11 is 1.85. The number of methoxy groups -OCH3 is 1. The molecule has 2 amide bonds. The van der Waals surface area contributed by atoms with Crippen LogP contribution in [0.15, 0.2) is 60.7 Å². The van der Waals surface area contributed by atoms with Crippen LogP contribution in [0.3, 0.4) is 0 Å². The molecule has 0 radical (unpaired) electrons. The number of piperidine rings is 1. The number of amides is 2. The van der Waals surface area contributed by atoms with Crippen molar-refractivity contribution in [1.29, 1.82) is 0 Å². The van der Waals surface area contributed by atoms with E-state index in [4.69, 9.17) is 4.74 Å². The summed E-state index contributed by atoms with van der Waals surface area (Å²) in [5.41, 5.74) is 1.69. The van der Waals surface area contributed by atoms with Crippen molar-refractivity contribution in [2.24, 2.45) is 0 Å². The van der Waals surface area contributed by atoms with Crippen molar-refractivity contribution in [3.05, 3.63) is 71.8 Å². The number of carbonyl (C=O) groups excluding carboxylic acids is 2. The van der Waals surface area contributed by atoms with E-state index in [-0.39, 0.29) is 16.7 Å². The van der Waals surface area contributed by atoms with Gasteiger partial charge < -0.3 is 14.5 Å². The van der Waals surface area contributed by atoms with Crippen molar-refractivity contribution < 1.29 is 14.3 Å². The van der Waals surface area contributed by atoms with E-state index < -0.39 is 0 Å². The monoisotopic (exact) mass is 422 g/mol. The fraction of sp³-hybridized carbons (Fsp3) is 0.333. The third-order valence-corrected chi connectivity index (χ3v) is 7.38. The van der Waals surface area contributed by atoms with E-state index in [1.807, 2.05) is 70.1 Å². The molecule has 2 aliphatic heterocycles.